The topological polar surface area (TPSA) is 88.7 Å². The van der Waals surface area contributed by atoms with E-state index in [1.165, 1.54) is 6.07 Å². The molecule has 13 heteroatoms. The van der Waals surface area contributed by atoms with Gasteiger partial charge in [-0.15, -0.1) is 13.2 Å². The van der Waals surface area contributed by atoms with Gasteiger partial charge in [0.2, 0.25) is 5.91 Å². The fraction of sp³-hybridized carbons (Fsp3) is 0.333. The summed E-state index contributed by atoms with van der Waals surface area (Å²) >= 11 is 6.15. The number of alkyl halides is 3. The van der Waals surface area contributed by atoms with E-state index in [0.717, 1.165) is 50.6 Å². The Labute approximate surface area is 248 Å². The van der Waals surface area contributed by atoms with Gasteiger partial charge in [-0.1, -0.05) is 43.0 Å². The van der Waals surface area contributed by atoms with E-state index in [0.29, 0.717) is 23.4 Å². The second kappa shape index (κ2) is 11.9. The molecule has 228 valence electrons. The highest BCUT2D eigenvalue weighted by molar-refractivity contribution is 6.30. The number of benzene rings is 3. The molecule has 0 aromatic heterocycles. The Kier molecular flexibility index (Phi) is 8.42. The predicted octanol–water partition coefficient (Wildman–Crippen LogP) is 7.83. The summed E-state index contributed by atoms with van der Waals surface area (Å²) in [5.41, 5.74) is -1.13. The van der Waals surface area contributed by atoms with E-state index < -0.39 is 47.2 Å². The minimum atomic E-state index is -5.13. The normalized spacial score (nSPS) is 16.8. The SMILES string of the molecule is COC(=O)c1ccc(NC(=O)C(C2CCCCC2)C2(c3ccc(Cl)cc3)Nc3cc(F)c(F)cc3N2)c(OC(F)(F)F)c1. The van der Waals surface area contributed by atoms with Crippen LogP contribution < -0.4 is 20.7 Å². The summed E-state index contributed by atoms with van der Waals surface area (Å²) in [4.78, 5) is 26.3. The Morgan fingerprint density at radius 2 is 1.56 bits per heavy atom. The Balaban J connectivity index is 1.61. The number of nitrogens with one attached hydrogen (secondary N) is 3. The first-order chi connectivity index (χ1) is 20.4. The Morgan fingerprint density at radius 3 is 2.12 bits per heavy atom. The van der Waals surface area contributed by atoms with Crippen molar-refractivity contribution in [1.82, 2.24) is 0 Å². The molecule has 0 saturated heterocycles. The number of anilines is 3. The van der Waals surface area contributed by atoms with Gasteiger partial charge in [0.15, 0.2) is 17.4 Å². The molecule has 1 amide bonds. The van der Waals surface area contributed by atoms with Gasteiger partial charge in [-0.05, 0) is 54.7 Å². The molecule has 0 radical (unpaired) electrons. The van der Waals surface area contributed by atoms with Crippen molar-refractivity contribution in [1.29, 1.82) is 0 Å². The molecule has 1 atom stereocenters. The van der Waals surface area contributed by atoms with Crippen LogP contribution in [-0.2, 0) is 15.2 Å². The van der Waals surface area contributed by atoms with Gasteiger partial charge in [0, 0.05) is 17.2 Å². The Morgan fingerprint density at radius 1 is 0.953 bits per heavy atom. The van der Waals surface area contributed by atoms with Crippen LogP contribution in [0.4, 0.5) is 39.0 Å². The average Bonchev–Trinajstić information content (AvgIpc) is 3.32. The first kappa shape index (κ1) is 30.4. The quantitative estimate of drug-likeness (QED) is 0.184. The van der Waals surface area contributed by atoms with Crippen molar-refractivity contribution in [3.8, 4) is 5.75 Å². The summed E-state index contributed by atoms with van der Waals surface area (Å²) in [7, 11) is 1.07. The summed E-state index contributed by atoms with van der Waals surface area (Å²) in [6.07, 6.45) is -1.36. The van der Waals surface area contributed by atoms with Crippen LogP contribution in [0.15, 0.2) is 54.6 Å². The fourth-order valence-corrected chi connectivity index (χ4v) is 6.05. The number of methoxy groups -OCH3 is 1. The fourth-order valence-electron chi connectivity index (χ4n) is 5.92. The summed E-state index contributed by atoms with van der Waals surface area (Å²) in [5, 5.41) is 9.40. The second-order valence-electron chi connectivity index (χ2n) is 10.5. The number of hydrogen-bond donors (Lipinski definition) is 3. The predicted molar refractivity (Wildman–Crippen MR) is 150 cm³/mol. The molecule has 0 bridgehead atoms. The Bertz CT molecular complexity index is 1500. The lowest BCUT2D eigenvalue weighted by Gasteiger charge is -2.43. The van der Waals surface area contributed by atoms with Crippen LogP contribution in [0, 0.1) is 23.5 Å². The number of ether oxygens (including phenoxy) is 2. The number of rotatable bonds is 7. The smallest absolute Gasteiger partial charge is 0.465 e. The molecular formula is C30H27ClF5N3O4. The van der Waals surface area contributed by atoms with E-state index in [2.05, 4.69) is 25.4 Å². The Hall–Kier alpha value is -4.06. The largest absolute Gasteiger partial charge is 0.573 e. The highest BCUT2D eigenvalue weighted by Crippen LogP contribution is 2.50. The number of halogens is 6. The van der Waals surface area contributed by atoms with Crippen molar-refractivity contribution >= 4 is 40.5 Å². The molecule has 3 aromatic carbocycles. The van der Waals surface area contributed by atoms with E-state index in [-0.39, 0.29) is 28.5 Å². The third-order valence-electron chi connectivity index (χ3n) is 7.78. The van der Waals surface area contributed by atoms with Crippen LogP contribution >= 0.6 is 11.6 Å². The van der Waals surface area contributed by atoms with Crippen LogP contribution in [0.25, 0.3) is 0 Å². The second-order valence-corrected chi connectivity index (χ2v) is 10.9. The molecule has 43 heavy (non-hydrogen) atoms. The van der Waals surface area contributed by atoms with Crippen molar-refractivity contribution in [3.05, 3.63) is 82.4 Å². The van der Waals surface area contributed by atoms with E-state index >= 15 is 0 Å². The molecule has 1 saturated carbocycles. The van der Waals surface area contributed by atoms with Crippen LogP contribution in [-0.4, -0.2) is 25.3 Å². The lowest BCUT2D eigenvalue weighted by atomic mass is 9.71. The van der Waals surface area contributed by atoms with E-state index in [9.17, 15) is 31.5 Å². The van der Waals surface area contributed by atoms with Crippen molar-refractivity contribution in [2.45, 2.75) is 44.1 Å². The highest BCUT2D eigenvalue weighted by Gasteiger charge is 2.52. The first-order valence-corrected chi connectivity index (χ1v) is 13.9. The number of fused-ring (bicyclic) bond motifs is 1. The van der Waals surface area contributed by atoms with Gasteiger partial charge in [-0.2, -0.15) is 0 Å². The molecule has 3 aromatic rings. The summed E-state index contributed by atoms with van der Waals surface area (Å²) in [5.74, 6) is -5.92. The van der Waals surface area contributed by atoms with Crippen molar-refractivity contribution in [3.63, 3.8) is 0 Å². The van der Waals surface area contributed by atoms with Gasteiger partial charge in [-0.3, -0.25) is 4.79 Å². The van der Waals surface area contributed by atoms with Crippen molar-refractivity contribution in [2.24, 2.45) is 11.8 Å². The molecular weight excluding hydrogens is 597 g/mol. The monoisotopic (exact) mass is 623 g/mol. The van der Waals surface area contributed by atoms with Gasteiger partial charge in [0.05, 0.1) is 35.7 Å². The standard InChI is InChI=1S/C30H27ClF5N3O4/c1-42-28(41)17-7-12-22(25(13-17)43-30(34,35)36)37-27(40)26(16-5-3-2-4-6-16)29(18-8-10-19(31)11-9-18)38-23-14-20(32)21(33)15-24(23)39-29/h7-16,26,38-39H,2-6H2,1H3,(H,37,40). The zero-order valence-electron chi connectivity index (χ0n) is 22.8. The van der Waals surface area contributed by atoms with Gasteiger partial charge in [-0.25, -0.2) is 13.6 Å². The summed E-state index contributed by atoms with van der Waals surface area (Å²) in [6.45, 7) is 0. The number of carbonyl (C=O) groups is 2. The third-order valence-corrected chi connectivity index (χ3v) is 8.03. The number of esters is 1. The highest BCUT2D eigenvalue weighted by atomic mass is 35.5. The lowest BCUT2D eigenvalue weighted by molar-refractivity contribution is -0.274. The van der Waals surface area contributed by atoms with Crippen LogP contribution in [0.2, 0.25) is 5.02 Å². The summed E-state index contributed by atoms with van der Waals surface area (Å²) < 4.78 is 77.4. The van der Waals surface area contributed by atoms with Gasteiger partial charge in [0.1, 0.15) is 5.66 Å². The summed E-state index contributed by atoms with van der Waals surface area (Å²) in [6, 6.07) is 11.6. The van der Waals surface area contributed by atoms with Gasteiger partial charge >= 0.3 is 12.3 Å². The molecule has 7 nitrogen and oxygen atoms in total. The zero-order chi connectivity index (χ0) is 30.9. The van der Waals surface area contributed by atoms with E-state index in [4.69, 9.17) is 11.6 Å². The minimum Gasteiger partial charge on any atom is -0.465 e. The molecule has 2 aliphatic rings. The number of hydrogen-bond acceptors (Lipinski definition) is 6. The maximum atomic E-state index is 14.3. The molecule has 1 fully saturated rings. The maximum Gasteiger partial charge on any atom is 0.573 e. The van der Waals surface area contributed by atoms with Gasteiger partial charge < -0.3 is 25.4 Å². The molecule has 3 N–H and O–H groups in total. The minimum absolute atomic E-state index is 0.200. The van der Waals surface area contributed by atoms with Crippen LogP contribution in [0.1, 0.15) is 48.0 Å². The molecule has 1 unspecified atom stereocenters. The number of amides is 1. The van der Waals surface area contributed by atoms with Crippen LogP contribution in [0.3, 0.4) is 0 Å². The van der Waals surface area contributed by atoms with Crippen molar-refractivity contribution < 1.29 is 41.0 Å². The number of carbonyl (C=O) groups excluding carboxylic acids is 2. The average molecular weight is 624 g/mol. The van der Waals surface area contributed by atoms with E-state index in [1.807, 2.05) is 0 Å². The third kappa shape index (κ3) is 6.34. The van der Waals surface area contributed by atoms with Crippen molar-refractivity contribution in [2.75, 3.05) is 23.1 Å². The first-order valence-electron chi connectivity index (χ1n) is 13.5. The van der Waals surface area contributed by atoms with Crippen LogP contribution in [0.5, 0.6) is 5.75 Å². The molecule has 1 heterocycles. The molecule has 0 spiro atoms. The molecule has 1 aliphatic heterocycles. The molecule has 5 rings (SSSR count). The lowest BCUT2D eigenvalue weighted by Crippen LogP contribution is -2.54. The zero-order valence-corrected chi connectivity index (χ0v) is 23.5. The van der Waals surface area contributed by atoms with E-state index in [1.54, 1.807) is 24.3 Å². The molecule has 1 aliphatic carbocycles. The maximum absolute atomic E-state index is 14.3. The van der Waals surface area contributed by atoms with Gasteiger partial charge in [0.25, 0.3) is 0 Å².